The van der Waals surface area contributed by atoms with Gasteiger partial charge in [0, 0.05) is 12.4 Å². The van der Waals surface area contributed by atoms with E-state index >= 15 is 0 Å². The lowest BCUT2D eigenvalue weighted by molar-refractivity contribution is 0.880. The summed E-state index contributed by atoms with van der Waals surface area (Å²) in [6.45, 7) is 0. The molecule has 6 heteroatoms. The number of nitrogen functional groups attached to an aromatic ring is 1. The van der Waals surface area contributed by atoms with Crippen LogP contribution in [0.15, 0.2) is 29.3 Å². The van der Waals surface area contributed by atoms with Crippen molar-refractivity contribution in [3.05, 3.63) is 34.3 Å². The molecule has 2 aromatic rings. The van der Waals surface area contributed by atoms with Gasteiger partial charge in [0.2, 0.25) is 0 Å². The zero-order valence-electron chi connectivity index (χ0n) is 6.98. The Labute approximate surface area is 93.8 Å². The van der Waals surface area contributed by atoms with Gasteiger partial charge in [0.25, 0.3) is 0 Å². The Morgan fingerprint density at radius 2 is 2.14 bits per heavy atom. The lowest BCUT2D eigenvalue weighted by atomic mass is 10.3. The zero-order valence-corrected chi connectivity index (χ0v) is 9.33. The Hall–Kier alpha value is -1.07. The Bertz CT molecular complexity index is 448. The first-order chi connectivity index (χ1) is 6.68. The minimum Gasteiger partial charge on any atom is -0.396 e. The van der Waals surface area contributed by atoms with Crippen molar-refractivity contribution in [2.24, 2.45) is 0 Å². The van der Waals surface area contributed by atoms with E-state index in [-0.39, 0.29) is 0 Å². The number of halogens is 2. The monoisotopic (exact) mass is 272 g/mol. The van der Waals surface area contributed by atoms with Gasteiger partial charge < -0.3 is 5.73 Å². The fourth-order valence-corrected chi connectivity index (χ4v) is 1.65. The smallest absolute Gasteiger partial charge is 0.109 e. The second-order valence-corrected chi connectivity index (χ2v) is 3.99. The van der Waals surface area contributed by atoms with Crippen molar-refractivity contribution in [2.75, 3.05) is 5.73 Å². The highest BCUT2D eigenvalue weighted by Crippen LogP contribution is 2.25. The first-order valence-electron chi connectivity index (χ1n) is 3.78. The summed E-state index contributed by atoms with van der Waals surface area (Å²) in [5.74, 6) is 0. The van der Waals surface area contributed by atoms with Crippen LogP contribution in [0.5, 0.6) is 0 Å². The highest BCUT2D eigenvalue weighted by atomic mass is 79.9. The number of anilines is 1. The van der Waals surface area contributed by atoms with E-state index in [4.69, 9.17) is 17.3 Å². The molecule has 2 N–H and O–H groups in total. The molecule has 0 saturated carbocycles. The van der Waals surface area contributed by atoms with Crippen LogP contribution >= 0.6 is 27.5 Å². The van der Waals surface area contributed by atoms with E-state index in [0.717, 1.165) is 4.47 Å². The number of pyridine rings is 1. The number of nitrogens with zero attached hydrogens (tertiary/aromatic N) is 3. The van der Waals surface area contributed by atoms with Crippen LogP contribution in [0.2, 0.25) is 5.02 Å². The Balaban J connectivity index is 2.61. The van der Waals surface area contributed by atoms with Gasteiger partial charge in [0.05, 0.1) is 27.6 Å². The van der Waals surface area contributed by atoms with Gasteiger partial charge in [-0.3, -0.25) is 4.98 Å². The van der Waals surface area contributed by atoms with Crippen LogP contribution in [-0.2, 0) is 0 Å². The maximum absolute atomic E-state index is 5.95. The molecule has 0 unspecified atom stereocenters. The van der Waals surface area contributed by atoms with Gasteiger partial charge >= 0.3 is 0 Å². The highest BCUT2D eigenvalue weighted by molar-refractivity contribution is 9.10. The van der Waals surface area contributed by atoms with Crippen LogP contribution < -0.4 is 5.73 Å². The predicted molar refractivity (Wildman–Crippen MR) is 58.5 cm³/mol. The topological polar surface area (TPSA) is 56.7 Å². The van der Waals surface area contributed by atoms with Crippen LogP contribution in [-0.4, -0.2) is 14.8 Å². The molecule has 2 heterocycles. The van der Waals surface area contributed by atoms with Crippen LogP contribution in [0.25, 0.3) is 5.69 Å². The van der Waals surface area contributed by atoms with Gasteiger partial charge in [-0.05, 0) is 15.9 Å². The van der Waals surface area contributed by atoms with Gasteiger partial charge in [0.1, 0.15) is 5.69 Å². The maximum Gasteiger partial charge on any atom is 0.109 e. The van der Waals surface area contributed by atoms with Gasteiger partial charge in [0.15, 0.2) is 0 Å². The summed E-state index contributed by atoms with van der Waals surface area (Å²) >= 11 is 9.25. The van der Waals surface area contributed by atoms with E-state index in [1.54, 1.807) is 17.1 Å². The SMILES string of the molecule is Nc1cncc(Cl)c1-n1cc(Br)cn1. The molecule has 0 aromatic carbocycles. The third-order valence-electron chi connectivity index (χ3n) is 1.68. The van der Waals surface area contributed by atoms with Crippen molar-refractivity contribution >= 4 is 33.2 Å². The van der Waals surface area contributed by atoms with Gasteiger partial charge in [-0.25, -0.2) is 4.68 Å². The molecule has 14 heavy (non-hydrogen) atoms. The molecule has 0 radical (unpaired) electrons. The van der Waals surface area contributed by atoms with E-state index in [0.29, 0.717) is 16.4 Å². The Kier molecular flexibility index (Phi) is 2.43. The number of hydrogen-bond donors (Lipinski definition) is 1. The van der Waals surface area contributed by atoms with Crippen LogP contribution in [0.3, 0.4) is 0 Å². The summed E-state index contributed by atoms with van der Waals surface area (Å²) in [7, 11) is 0. The largest absolute Gasteiger partial charge is 0.396 e. The van der Waals surface area contributed by atoms with Gasteiger partial charge in [-0.15, -0.1) is 0 Å². The Morgan fingerprint density at radius 3 is 2.71 bits per heavy atom. The summed E-state index contributed by atoms with van der Waals surface area (Å²) < 4.78 is 2.47. The molecule has 2 rings (SSSR count). The highest BCUT2D eigenvalue weighted by Gasteiger charge is 2.08. The number of aromatic nitrogens is 3. The quantitative estimate of drug-likeness (QED) is 0.867. The molecule has 0 amide bonds. The predicted octanol–water partition coefficient (Wildman–Crippen LogP) is 2.27. The summed E-state index contributed by atoms with van der Waals surface area (Å²) in [5, 5.41) is 4.56. The molecular formula is C8H6BrClN4. The van der Waals surface area contributed by atoms with E-state index in [1.807, 2.05) is 0 Å². The molecule has 0 aliphatic heterocycles. The van der Waals surface area contributed by atoms with Gasteiger partial charge in [-0.2, -0.15) is 5.10 Å². The molecule has 0 aliphatic rings. The van der Waals surface area contributed by atoms with Crippen molar-refractivity contribution < 1.29 is 0 Å². The molecule has 0 spiro atoms. The lowest BCUT2D eigenvalue weighted by Gasteiger charge is -2.06. The average Bonchev–Trinajstić information content (AvgIpc) is 2.51. The lowest BCUT2D eigenvalue weighted by Crippen LogP contribution is -2.01. The van der Waals surface area contributed by atoms with E-state index in [2.05, 4.69) is 26.0 Å². The molecule has 2 aromatic heterocycles. The summed E-state index contributed by atoms with van der Waals surface area (Å²) in [4.78, 5) is 3.87. The second kappa shape index (κ2) is 3.59. The molecule has 0 bridgehead atoms. The standard InChI is InChI=1S/C8H6BrClN4/c9-5-1-13-14(4-5)8-6(10)2-12-3-7(8)11/h1-4H,11H2. The minimum atomic E-state index is 0.473. The molecule has 0 saturated heterocycles. The van der Waals surface area contributed by atoms with Crippen molar-refractivity contribution in [3.8, 4) is 5.69 Å². The maximum atomic E-state index is 5.95. The summed E-state index contributed by atoms with van der Waals surface area (Å²) in [5.41, 5.74) is 6.88. The Morgan fingerprint density at radius 1 is 1.36 bits per heavy atom. The van der Waals surface area contributed by atoms with Crippen molar-refractivity contribution in [1.82, 2.24) is 14.8 Å². The molecule has 0 aliphatic carbocycles. The second-order valence-electron chi connectivity index (χ2n) is 2.66. The molecule has 0 fully saturated rings. The number of hydrogen-bond acceptors (Lipinski definition) is 3. The van der Waals surface area contributed by atoms with E-state index in [9.17, 15) is 0 Å². The van der Waals surface area contributed by atoms with Gasteiger partial charge in [-0.1, -0.05) is 11.6 Å². The minimum absolute atomic E-state index is 0.473. The van der Waals surface area contributed by atoms with Crippen molar-refractivity contribution in [1.29, 1.82) is 0 Å². The first-order valence-corrected chi connectivity index (χ1v) is 4.95. The number of nitrogens with two attached hydrogens (primary N) is 1. The third-order valence-corrected chi connectivity index (χ3v) is 2.37. The van der Waals surface area contributed by atoms with E-state index < -0.39 is 0 Å². The van der Waals surface area contributed by atoms with Crippen molar-refractivity contribution in [2.45, 2.75) is 0 Å². The first kappa shape index (κ1) is 9.48. The molecule has 4 nitrogen and oxygen atoms in total. The van der Waals surface area contributed by atoms with E-state index in [1.165, 1.54) is 12.4 Å². The average molecular weight is 274 g/mol. The molecule has 0 atom stereocenters. The van der Waals surface area contributed by atoms with Crippen molar-refractivity contribution in [3.63, 3.8) is 0 Å². The number of rotatable bonds is 1. The molecule has 72 valence electrons. The third kappa shape index (κ3) is 1.60. The molecular weight excluding hydrogens is 267 g/mol. The van der Waals surface area contributed by atoms with Crippen LogP contribution in [0.1, 0.15) is 0 Å². The van der Waals surface area contributed by atoms with Crippen LogP contribution in [0, 0.1) is 0 Å². The summed E-state index contributed by atoms with van der Waals surface area (Å²) in [6.07, 6.45) is 6.51. The van der Waals surface area contributed by atoms with Crippen LogP contribution in [0.4, 0.5) is 5.69 Å². The normalized spacial score (nSPS) is 10.4. The summed E-state index contributed by atoms with van der Waals surface area (Å²) in [6, 6.07) is 0. The zero-order chi connectivity index (χ0) is 10.1. The fraction of sp³-hybridized carbons (Fsp3) is 0. The fourth-order valence-electron chi connectivity index (χ4n) is 1.11.